The normalized spacial score (nSPS) is 17.0. The van der Waals surface area contributed by atoms with Gasteiger partial charge in [-0.15, -0.1) is 0 Å². The van der Waals surface area contributed by atoms with Crippen LogP contribution in [0.15, 0.2) is 0 Å². The first-order valence-electron chi connectivity index (χ1n) is 8.23. The van der Waals surface area contributed by atoms with E-state index in [0.29, 0.717) is 11.8 Å². The van der Waals surface area contributed by atoms with Gasteiger partial charge in [0, 0.05) is 11.8 Å². The Morgan fingerprint density at radius 3 is 2.05 bits per heavy atom. The maximum absolute atomic E-state index is 11.7. The quantitative estimate of drug-likeness (QED) is 0.358. The summed E-state index contributed by atoms with van der Waals surface area (Å²) in [4.78, 5) is 9.70. The second-order valence-corrected chi connectivity index (χ2v) is 7.13. The zero-order valence-corrected chi connectivity index (χ0v) is 14.3. The predicted molar refractivity (Wildman–Crippen MR) is 84.8 cm³/mol. The van der Waals surface area contributed by atoms with Crippen LogP contribution in [-0.2, 0) is 4.57 Å². The molecule has 1 N–H and O–H groups in total. The molecule has 0 aliphatic carbocycles. The van der Waals surface area contributed by atoms with Crippen molar-refractivity contribution < 1.29 is 9.46 Å². The summed E-state index contributed by atoms with van der Waals surface area (Å²) < 4.78 is 11.7. The molecule has 0 aromatic rings. The van der Waals surface area contributed by atoms with E-state index in [1.807, 2.05) is 0 Å². The molecule has 0 fully saturated rings. The maximum atomic E-state index is 11.7. The lowest BCUT2D eigenvalue weighted by atomic mass is 9.86. The Morgan fingerprint density at radius 1 is 0.947 bits per heavy atom. The lowest BCUT2D eigenvalue weighted by Crippen LogP contribution is -2.24. The standard InChI is InChI=1S/C16H33O2P/c1-5-8-10-11-12-14(4)16(19(17)18)15(7-3)13-9-6-2/h14-16H,5-13H2,1-4H3/p+1. The highest BCUT2D eigenvalue weighted by molar-refractivity contribution is 7.39. The Balaban J connectivity index is 4.37. The molecule has 114 valence electrons. The van der Waals surface area contributed by atoms with Gasteiger partial charge in [0.25, 0.3) is 0 Å². The van der Waals surface area contributed by atoms with Crippen molar-refractivity contribution in [3.63, 3.8) is 0 Å². The third-order valence-corrected chi connectivity index (χ3v) is 5.73. The van der Waals surface area contributed by atoms with Gasteiger partial charge in [-0.05, 0) is 23.8 Å². The number of hydrogen-bond donors (Lipinski definition) is 1. The van der Waals surface area contributed by atoms with Gasteiger partial charge in [-0.1, -0.05) is 66.2 Å². The molecular formula is C16H34O2P+. The van der Waals surface area contributed by atoms with Crippen molar-refractivity contribution in [2.45, 2.75) is 91.1 Å². The summed E-state index contributed by atoms with van der Waals surface area (Å²) >= 11 is 0. The van der Waals surface area contributed by atoms with E-state index in [1.165, 1.54) is 38.5 Å². The Bertz CT molecular complexity index is 231. The molecule has 0 rings (SSSR count). The molecule has 4 unspecified atom stereocenters. The van der Waals surface area contributed by atoms with E-state index in [1.54, 1.807) is 0 Å². The van der Waals surface area contributed by atoms with Gasteiger partial charge in [0.15, 0.2) is 5.66 Å². The Morgan fingerprint density at radius 2 is 1.58 bits per heavy atom. The van der Waals surface area contributed by atoms with Crippen molar-refractivity contribution in [1.82, 2.24) is 0 Å². The molecule has 19 heavy (non-hydrogen) atoms. The van der Waals surface area contributed by atoms with Crippen LogP contribution >= 0.6 is 8.03 Å². The van der Waals surface area contributed by atoms with Gasteiger partial charge in [0.1, 0.15) is 0 Å². The minimum atomic E-state index is -2.04. The molecular weight excluding hydrogens is 255 g/mol. The minimum Gasteiger partial charge on any atom is -0.161 e. The molecule has 3 heteroatoms. The fourth-order valence-corrected chi connectivity index (χ4v) is 4.31. The number of hydrogen-bond acceptors (Lipinski definition) is 1. The lowest BCUT2D eigenvalue weighted by molar-refractivity contribution is 0.319. The van der Waals surface area contributed by atoms with E-state index in [9.17, 15) is 9.46 Å². The molecule has 0 spiro atoms. The van der Waals surface area contributed by atoms with Crippen LogP contribution in [0.1, 0.15) is 85.5 Å². The first kappa shape index (κ1) is 19.1. The number of rotatable bonds is 12. The molecule has 0 heterocycles. The van der Waals surface area contributed by atoms with Gasteiger partial charge < -0.3 is 0 Å². The van der Waals surface area contributed by atoms with Gasteiger partial charge in [0.2, 0.25) is 0 Å². The largest absolute Gasteiger partial charge is 0.509 e. The molecule has 0 saturated carbocycles. The van der Waals surface area contributed by atoms with Crippen molar-refractivity contribution in [2.24, 2.45) is 11.8 Å². The SMILES string of the molecule is CCCCCCC(C)C(C(CC)CCCC)[P+](=O)O. The predicted octanol–water partition coefficient (Wildman–Crippen LogP) is 5.91. The minimum absolute atomic E-state index is 0.00757. The van der Waals surface area contributed by atoms with Crippen LogP contribution in [0.3, 0.4) is 0 Å². The van der Waals surface area contributed by atoms with Crippen molar-refractivity contribution in [1.29, 1.82) is 0 Å². The van der Waals surface area contributed by atoms with Gasteiger partial charge in [0.05, 0.1) is 0 Å². The molecule has 4 atom stereocenters. The zero-order valence-electron chi connectivity index (χ0n) is 13.4. The van der Waals surface area contributed by atoms with Crippen LogP contribution in [0.5, 0.6) is 0 Å². The third kappa shape index (κ3) is 8.05. The molecule has 0 amide bonds. The van der Waals surface area contributed by atoms with E-state index < -0.39 is 8.03 Å². The summed E-state index contributed by atoms with van der Waals surface area (Å²) in [5.41, 5.74) is 0.00757. The van der Waals surface area contributed by atoms with Crippen LogP contribution in [0.4, 0.5) is 0 Å². The van der Waals surface area contributed by atoms with Crippen molar-refractivity contribution in [2.75, 3.05) is 0 Å². The molecule has 0 aliphatic rings. The molecule has 0 aromatic heterocycles. The van der Waals surface area contributed by atoms with Gasteiger partial charge in [-0.25, -0.2) is 0 Å². The highest BCUT2D eigenvalue weighted by Gasteiger charge is 2.40. The summed E-state index contributed by atoms with van der Waals surface area (Å²) in [6.07, 6.45) is 10.6. The number of unbranched alkanes of at least 4 members (excludes halogenated alkanes) is 4. The summed E-state index contributed by atoms with van der Waals surface area (Å²) in [5.74, 6) is 0.807. The average molecular weight is 289 g/mol. The van der Waals surface area contributed by atoms with Crippen LogP contribution in [0.2, 0.25) is 0 Å². The van der Waals surface area contributed by atoms with E-state index >= 15 is 0 Å². The highest BCUT2D eigenvalue weighted by Crippen LogP contribution is 2.40. The average Bonchev–Trinajstić information content (AvgIpc) is 2.38. The fourth-order valence-electron chi connectivity index (χ4n) is 3.01. The Hall–Kier alpha value is 0.0600. The van der Waals surface area contributed by atoms with Crippen LogP contribution in [0, 0.1) is 11.8 Å². The summed E-state index contributed by atoms with van der Waals surface area (Å²) in [7, 11) is -2.04. The van der Waals surface area contributed by atoms with E-state index in [-0.39, 0.29) is 5.66 Å². The van der Waals surface area contributed by atoms with E-state index in [2.05, 4.69) is 27.7 Å². The molecule has 0 aromatic carbocycles. The van der Waals surface area contributed by atoms with Crippen LogP contribution in [0.25, 0.3) is 0 Å². The topological polar surface area (TPSA) is 37.3 Å². The summed E-state index contributed by atoms with van der Waals surface area (Å²) in [6.45, 7) is 8.74. The zero-order chi connectivity index (χ0) is 14.7. The van der Waals surface area contributed by atoms with Crippen molar-refractivity contribution in [3.8, 4) is 0 Å². The Labute approximate surface area is 121 Å². The molecule has 0 saturated heterocycles. The molecule has 2 nitrogen and oxygen atoms in total. The highest BCUT2D eigenvalue weighted by atomic mass is 31.1. The second kappa shape index (κ2) is 11.9. The van der Waals surface area contributed by atoms with E-state index in [4.69, 9.17) is 0 Å². The third-order valence-electron chi connectivity index (χ3n) is 4.29. The smallest absolute Gasteiger partial charge is 0.161 e. The first-order chi connectivity index (χ1) is 9.08. The van der Waals surface area contributed by atoms with Gasteiger partial charge >= 0.3 is 8.03 Å². The molecule has 0 aliphatic heterocycles. The maximum Gasteiger partial charge on any atom is 0.509 e. The lowest BCUT2D eigenvalue weighted by Gasteiger charge is -2.22. The van der Waals surface area contributed by atoms with Gasteiger partial charge in [-0.2, -0.15) is 4.89 Å². The van der Waals surface area contributed by atoms with Gasteiger partial charge in [-0.3, -0.25) is 0 Å². The first-order valence-corrected chi connectivity index (χ1v) is 9.51. The van der Waals surface area contributed by atoms with E-state index in [0.717, 1.165) is 19.3 Å². The Kier molecular flexibility index (Phi) is 11.9. The molecule has 0 bridgehead atoms. The monoisotopic (exact) mass is 289 g/mol. The van der Waals surface area contributed by atoms with Crippen LogP contribution in [-0.4, -0.2) is 10.6 Å². The van der Waals surface area contributed by atoms with Crippen molar-refractivity contribution >= 4 is 8.03 Å². The fraction of sp³-hybridized carbons (Fsp3) is 1.00. The molecule has 0 radical (unpaired) electrons. The van der Waals surface area contributed by atoms with Crippen molar-refractivity contribution in [3.05, 3.63) is 0 Å². The summed E-state index contributed by atoms with van der Waals surface area (Å²) in [6, 6.07) is 0. The summed E-state index contributed by atoms with van der Waals surface area (Å²) in [5, 5.41) is 0. The van der Waals surface area contributed by atoms with Crippen LogP contribution < -0.4 is 0 Å². The second-order valence-electron chi connectivity index (χ2n) is 5.93.